The molecule has 0 aliphatic rings. The van der Waals surface area contributed by atoms with Crippen molar-refractivity contribution in [3.8, 4) is 6.19 Å². The van der Waals surface area contributed by atoms with Crippen LogP contribution in [-0.2, 0) is 11.2 Å². The minimum atomic E-state index is -0.640. The lowest BCUT2D eigenvalue weighted by atomic mass is 9.94. The minimum absolute atomic E-state index is 0.147. The van der Waals surface area contributed by atoms with E-state index in [1.807, 2.05) is 33.8 Å². The van der Waals surface area contributed by atoms with Crippen LogP contribution in [0.2, 0.25) is 0 Å². The molecule has 2 aromatic rings. The summed E-state index contributed by atoms with van der Waals surface area (Å²) in [7, 11) is 1.73. The molecule has 0 bridgehead atoms. The molecule has 2 N–H and O–H groups in total. The summed E-state index contributed by atoms with van der Waals surface area (Å²) in [4.78, 5) is 15.9. The van der Waals surface area contributed by atoms with Gasteiger partial charge in [-0.1, -0.05) is 32.4 Å². The van der Waals surface area contributed by atoms with E-state index in [-0.39, 0.29) is 5.92 Å². The average molecular weight is 522 g/mol. The molecule has 6 nitrogen and oxygen atoms in total. The van der Waals surface area contributed by atoms with E-state index in [1.165, 1.54) is 23.1 Å². The fraction of sp³-hybridized carbons (Fsp3) is 0.500. The molecular formula is C24H33BrN4O2S. The number of hydrogen-bond donors (Lipinski definition) is 1. The molecule has 0 fully saturated rings. The van der Waals surface area contributed by atoms with Crippen LogP contribution in [0.4, 0.5) is 4.79 Å². The molecule has 0 aromatic carbocycles. The molecule has 0 radical (unpaired) electrons. The highest BCUT2D eigenvalue weighted by molar-refractivity contribution is 9.11. The fourth-order valence-corrected chi connectivity index (χ4v) is 5.83. The third-order valence-corrected chi connectivity index (χ3v) is 6.88. The van der Waals surface area contributed by atoms with Crippen LogP contribution in [0.3, 0.4) is 0 Å². The van der Waals surface area contributed by atoms with Crippen molar-refractivity contribution in [3.05, 3.63) is 38.5 Å². The number of likely N-dealkylation sites (N-methyl/N-ethyl adjacent to an activating group) is 1. The summed E-state index contributed by atoms with van der Waals surface area (Å²) in [5, 5.41) is 10.2. The van der Waals surface area contributed by atoms with E-state index >= 15 is 0 Å². The molecule has 32 heavy (non-hydrogen) atoms. The number of halogens is 1. The third kappa shape index (κ3) is 5.38. The van der Waals surface area contributed by atoms with Gasteiger partial charge in [-0.2, -0.15) is 5.26 Å². The molecule has 8 heteroatoms. The molecule has 0 amide bonds. The van der Waals surface area contributed by atoms with Crippen LogP contribution in [0.25, 0.3) is 15.8 Å². The number of aryl methyl sites for hydroxylation is 1. The van der Waals surface area contributed by atoms with E-state index in [0.29, 0.717) is 6.54 Å². The van der Waals surface area contributed by atoms with Crippen molar-refractivity contribution in [2.45, 2.75) is 66.4 Å². The first-order valence-electron chi connectivity index (χ1n) is 10.6. The van der Waals surface area contributed by atoms with Crippen LogP contribution < -0.4 is 5.73 Å². The number of nitriles is 1. The fourth-order valence-electron chi connectivity index (χ4n) is 3.76. The quantitative estimate of drug-likeness (QED) is 0.263. The Hall–Kier alpha value is -2.24. The highest BCUT2D eigenvalue weighted by atomic mass is 79.9. The lowest BCUT2D eigenvalue weighted by Gasteiger charge is -2.21. The first-order chi connectivity index (χ1) is 14.9. The Morgan fingerprint density at radius 1 is 1.41 bits per heavy atom. The molecule has 0 saturated carbocycles. The Bertz CT molecular complexity index is 1110. The number of carbonyl (C=O) groups is 1. The summed E-state index contributed by atoms with van der Waals surface area (Å²) in [5.41, 5.74) is 10.2. The third-order valence-electron chi connectivity index (χ3n) is 4.91. The number of carbonyl (C=O) groups excluding carboxylic acids is 1. The lowest BCUT2D eigenvalue weighted by Crippen LogP contribution is -2.28. The first-order valence-corrected chi connectivity index (χ1v) is 12.3. The largest absolute Gasteiger partial charge is 0.443 e. The highest BCUT2D eigenvalue weighted by Crippen LogP contribution is 2.45. The zero-order valence-electron chi connectivity index (χ0n) is 20.2. The van der Waals surface area contributed by atoms with Gasteiger partial charge in [0.25, 0.3) is 0 Å². The SMILES string of the molecule is CCc1c(Br)sc2c1c(C(C)C)c(C(/C=C(/C)CN(C)C#N)=C/N)n2C(=O)OC(C)(C)C. The molecule has 0 atom stereocenters. The molecule has 0 saturated heterocycles. The molecular weight excluding hydrogens is 488 g/mol. The maximum atomic E-state index is 13.5. The van der Waals surface area contributed by atoms with Crippen molar-refractivity contribution < 1.29 is 9.53 Å². The van der Waals surface area contributed by atoms with Crippen LogP contribution >= 0.6 is 27.3 Å². The summed E-state index contributed by atoms with van der Waals surface area (Å²) < 4.78 is 8.50. The van der Waals surface area contributed by atoms with Gasteiger partial charge < -0.3 is 15.4 Å². The van der Waals surface area contributed by atoms with Crippen molar-refractivity contribution in [1.29, 1.82) is 5.26 Å². The zero-order valence-corrected chi connectivity index (χ0v) is 22.6. The normalized spacial score (nSPS) is 13.0. The number of fused-ring (bicyclic) bond motifs is 1. The molecule has 2 heterocycles. The standard InChI is InChI=1S/C24H33BrN4O2S/c1-9-17-19-18(14(2)3)20(16(11-26)10-15(4)12-28(8)13-27)29(22(19)32-21(17)25)23(30)31-24(5,6)7/h10-11,14H,9,12,26H2,1-8H3/b15-10-,16-11+. The van der Waals surface area contributed by atoms with Crippen LogP contribution in [-0.4, -0.2) is 34.8 Å². The monoisotopic (exact) mass is 520 g/mol. The van der Waals surface area contributed by atoms with Gasteiger partial charge in [0, 0.05) is 30.8 Å². The smallest absolute Gasteiger partial charge is 0.420 e. The maximum absolute atomic E-state index is 13.5. The van der Waals surface area contributed by atoms with Gasteiger partial charge in [-0.3, -0.25) is 0 Å². The Balaban J connectivity index is 2.90. The van der Waals surface area contributed by atoms with Crippen LogP contribution in [0.15, 0.2) is 21.6 Å². The van der Waals surface area contributed by atoms with E-state index in [4.69, 9.17) is 15.7 Å². The van der Waals surface area contributed by atoms with Gasteiger partial charge in [0.1, 0.15) is 10.4 Å². The van der Waals surface area contributed by atoms with Gasteiger partial charge in [-0.05, 0) is 67.1 Å². The Labute approximate surface area is 203 Å². The Morgan fingerprint density at radius 2 is 2.03 bits per heavy atom. The molecule has 0 aliphatic heterocycles. The first kappa shape index (κ1) is 26.0. The van der Waals surface area contributed by atoms with Gasteiger partial charge in [-0.15, -0.1) is 11.3 Å². The number of allylic oxidation sites excluding steroid dienone is 2. The minimum Gasteiger partial charge on any atom is -0.443 e. The number of ether oxygens (including phenoxy) is 1. The maximum Gasteiger partial charge on any atom is 0.420 e. The van der Waals surface area contributed by atoms with Crippen molar-refractivity contribution in [3.63, 3.8) is 0 Å². The lowest BCUT2D eigenvalue weighted by molar-refractivity contribution is 0.0544. The topological polar surface area (TPSA) is 84.3 Å². The van der Waals surface area contributed by atoms with Gasteiger partial charge in [0.2, 0.25) is 0 Å². The predicted molar refractivity (Wildman–Crippen MR) is 137 cm³/mol. The van der Waals surface area contributed by atoms with Crippen molar-refractivity contribution >= 4 is 49.1 Å². The summed E-state index contributed by atoms with van der Waals surface area (Å²) in [5.74, 6) is 0.147. The molecule has 2 aromatic heterocycles. The molecule has 0 unspecified atom stereocenters. The Kier molecular flexibility index (Phi) is 8.24. The van der Waals surface area contributed by atoms with E-state index in [1.54, 1.807) is 16.5 Å². The van der Waals surface area contributed by atoms with E-state index in [2.05, 4.69) is 42.9 Å². The molecule has 0 aliphatic carbocycles. The average Bonchev–Trinajstić information content (AvgIpc) is 3.16. The number of rotatable bonds is 6. The summed E-state index contributed by atoms with van der Waals surface area (Å²) in [6, 6.07) is 0. The number of nitrogens with two attached hydrogens (primary N) is 1. The number of nitrogens with zero attached hydrogens (tertiary/aromatic N) is 3. The van der Waals surface area contributed by atoms with Crippen LogP contribution in [0.5, 0.6) is 0 Å². The predicted octanol–water partition coefficient (Wildman–Crippen LogP) is 6.59. The van der Waals surface area contributed by atoms with Gasteiger partial charge in [0.05, 0.1) is 9.48 Å². The van der Waals surface area contributed by atoms with Crippen molar-refractivity contribution in [1.82, 2.24) is 9.47 Å². The van der Waals surface area contributed by atoms with Crippen molar-refractivity contribution in [2.75, 3.05) is 13.6 Å². The van der Waals surface area contributed by atoms with Crippen LogP contribution in [0.1, 0.15) is 71.2 Å². The molecule has 0 spiro atoms. The number of hydrogen-bond acceptors (Lipinski definition) is 6. The molecule has 2 rings (SSSR count). The van der Waals surface area contributed by atoms with Crippen molar-refractivity contribution in [2.24, 2.45) is 5.73 Å². The van der Waals surface area contributed by atoms with Gasteiger partial charge in [0.15, 0.2) is 6.19 Å². The van der Waals surface area contributed by atoms with E-state index in [0.717, 1.165) is 42.8 Å². The Morgan fingerprint density at radius 3 is 2.50 bits per heavy atom. The zero-order chi connectivity index (χ0) is 24.4. The van der Waals surface area contributed by atoms with Gasteiger partial charge in [-0.25, -0.2) is 9.36 Å². The van der Waals surface area contributed by atoms with E-state index < -0.39 is 11.7 Å². The second-order valence-corrected chi connectivity index (χ2v) is 11.5. The second-order valence-electron chi connectivity index (χ2n) is 9.19. The number of thiophene rings is 1. The second kappa shape index (κ2) is 10.1. The highest BCUT2D eigenvalue weighted by Gasteiger charge is 2.31. The number of aromatic nitrogens is 1. The summed E-state index contributed by atoms with van der Waals surface area (Å²) in [6.45, 7) is 14.4. The molecule has 174 valence electrons. The van der Waals surface area contributed by atoms with Gasteiger partial charge >= 0.3 is 6.09 Å². The summed E-state index contributed by atoms with van der Waals surface area (Å²) in [6.07, 6.45) is 5.99. The van der Waals surface area contributed by atoms with E-state index in [9.17, 15) is 4.79 Å². The summed E-state index contributed by atoms with van der Waals surface area (Å²) >= 11 is 5.23. The van der Waals surface area contributed by atoms with Crippen LogP contribution in [0, 0.1) is 11.5 Å².